The molecule has 0 unspecified atom stereocenters. The average Bonchev–Trinajstić information content (AvgIpc) is 2.30. The van der Waals surface area contributed by atoms with Crippen molar-refractivity contribution in [1.82, 2.24) is 9.97 Å². The maximum Gasteiger partial charge on any atom is 0.144 e. The Morgan fingerprint density at radius 3 is 2.65 bits per heavy atom. The fraction of sp³-hybridized carbons (Fsp3) is 0.636. The van der Waals surface area contributed by atoms with Gasteiger partial charge in [0.15, 0.2) is 0 Å². The van der Waals surface area contributed by atoms with E-state index in [2.05, 4.69) is 45.1 Å². The van der Waals surface area contributed by atoms with Crippen LogP contribution in [0.25, 0.3) is 0 Å². The third-order valence-corrected chi connectivity index (χ3v) is 3.95. The number of anilines is 1. The van der Waals surface area contributed by atoms with E-state index in [9.17, 15) is 0 Å². The molecule has 0 atom stereocenters. The van der Waals surface area contributed by atoms with Gasteiger partial charge in [0.2, 0.25) is 0 Å². The van der Waals surface area contributed by atoms with E-state index < -0.39 is 0 Å². The summed E-state index contributed by atoms with van der Waals surface area (Å²) in [6, 6.07) is 0. The molecule has 17 heavy (non-hydrogen) atoms. The standard InChI is InChI=1S/C11H18BrN3OS/c1-7(2)17-6-9-14-8(5-16-4)10(12)11(13-3)15-9/h7H,5-6H2,1-4H3,(H,13,14,15). The minimum atomic E-state index is 0.483. The number of methoxy groups -OCH3 is 1. The van der Waals surface area contributed by atoms with Gasteiger partial charge >= 0.3 is 0 Å². The molecule has 0 fully saturated rings. The van der Waals surface area contributed by atoms with Crippen LogP contribution in [0.3, 0.4) is 0 Å². The molecule has 1 rings (SSSR count). The first-order chi connectivity index (χ1) is 8.08. The lowest BCUT2D eigenvalue weighted by molar-refractivity contribution is 0.180. The Morgan fingerprint density at radius 1 is 1.41 bits per heavy atom. The van der Waals surface area contributed by atoms with E-state index in [0.29, 0.717) is 11.9 Å². The summed E-state index contributed by atoms with van der Waals surface area (Å²) in [5, 5.41) is 3.63. The summed E-state index contributed by atoms with van der Waals surface area (Å²) < 4.78 is 6.01. The molecule has 4 nitrogen and oxygen atoms in total. The van der Waals surface area contributed by atoms with Gasteiger partial charge in [0.1, 0.15) is 11.6 Å². The second-order valence-corrected chi connectivity index (χ2v) is 6.15. The highest BCUT2D eigenvalue weighted by atomic mass is 79.9. The molecule has 0 amide bonds. The fourth-order valence-corrected chi connectivity index (χ4v) is 2.35. The molecule has 96 valence electrons. The Hall–Kier alpha value is -0.330. The summed E-state index contributed by atoms with van der Waals surface area (Å²) in [7, 11) is 3.51. The number of rotatable bonds is 6. The number of halogens is 1. The molecule has 0 aliphatic heterocycles. The molecule has 0 aliphatic carbocycles. The van der Waals surface area contributed by atoms with Crippen molar-refractivity contribution in [1.29, 1.82) is 0 Å². The van der Waals surface area contributed by atoms with Crippen LogP contribution in [0.15, 0.2) is 4.47 Å². The van der Waals surface area contributed by atoms with E-state index in [1.807, 2.05) is 18.8 Å². The van der Waals surface area contributed by atoms with E-state index in [1.165, 1.54) is 0 Å². The molecule has 0 bridgehead atoms. The zero-order valence-electron chi connectivity index (χ0n) is 10.6. The quantitative estimate of drug-likeness (QED) is 0.873. The Bertz CT molecular complexity index is 374. The van der Waals surface area contributed by atoms with Crippen LogP contribution >= 0.6 is 27.7 Å². The van der Waals surface area contributed by atoms with Gasteiger partial charge in [-0.3, -0.25) is 0 Å². The van der Waals surface area contributed by atoms with Crippen molar-refractivity contribution in [2.45, 2.75) is 31.5 Å². The predicted molar refractivity (Wildman–Crippen MR) is 76.4 cm³/mol. The summed E-state index contributed by atoms with van der Waals surface area (Å²) in [6.07, 6.45) is 0. The van der Waals surface area contributed by atoms with Crippen LogP contribution in [0.1, 0.15) is 25.4 Å². The molecule has 1 N–H and O–H groups in total. The van der Waals surface area contributed by atoms with Crippen LogP contribution < -0.4 is 5.32 Å². The van der Waals surface area contributed by atoms with Crippen molar-refractivity contribution < 1.29 is 4.74 Å². The van der Waals surface area contributed by atoms with E-state index in [4.69, 9.17) is 4.74 Å². The normalized spacial score (nSPS) is 10.9. The first-order valence-electron chi connectivity index (χ1n) is 5.42. The summed E-state index contributed by atoms with van der Waals surface area (Å²) in [6.45, 7) is 4.81. The van der Waals surface area contributed by atoms with Gasteiger partial charge in [-0.25, -0.2) is 9.97 Å². The van der Waals surface area contributed by atoms with Crippen LogP contribution in [0.4, 0.5) is 5.82 Å². The lowest BCUT2D eigenvalue weighted by Gasteiger charge is -2.11. The molecule has 0 radical (unpaired) electrons. The lowest BCUT2D eigenvalue weighted by atomic mass is 10.4. The highest BCUT2D eigenvalue weighted by molar-refractivity contribution is 9.10. The zero-order valence-corrected chi connectivity index (χ0v) is 13.0. The lowest BCUT2D eigenvalue weighted by Crippen LogP contribution is -2.06. The van der Waals surface area contributed by atoms with Gasteiger partial charge in [-0.2, -0.15) is 11.8 Å². The van der Waals surface area contributed by atoms with Gasteiger partial charge in [-0.1, -0.05) is 13.8 Å². The smallest absolute Gasteiger partial charge is 0.144 e. The van der Waals surface area contributed by atoms with Gasteiger partial charge in [0, 0.05) is 14.2 Å². The number of thioether (sulfide) groups is 1. The third kappa shape index (κ3) is 4.44. The number of nitrogens with zero attached hydrogens (tertiary/aromatic N) is 2. The second-order valence-electron chi connectivity index (χ2n) is 3.79. The Balaban J connectivity index is 2.94. The molecular weight excluding hydrogens is 302 g/mol. The van der Waals surface area contributed by atoms with E-state index >= 15 is 0 Å². The fourth-order valence-electron chi connectivity index (χ4n) is 1.25. The van der Waals surface area contributed by atoms with E-state index in [0.717, 1.165) is 27.6 Å². The molecule has 0 spiro atoms. The number of hydrogen-bond donors (Lipinski definition) is 1. The van der Waals surface area contributed by atoms with Crippen molar-refractivity contribution in [3.8, 4) is 0 Å². The molecule has 0 saturated carbocycles. The highest BCUT2D eigenvalue weighted by Gasteiger charge is 2.11. The largest absolute Gasteiger partial charge is 0.378 e. The average molecular weight is 320 g/mol. The number of aromatic nitrogens is 2. The zero-order chi connectivity index (χ0) is 12.8. The first kappa shape index (κ1) is 14.7. The van der Waals surface area contributed by atoms with Crippen LogP contribution in [0, 0.1) is 0 Å². The summed E-state index contributed by atoms with van der Waals surface area (Å²) in [5.74, 6) is 2.46. The van der Waals surface area contributed by atoms with Crippen molar-refractivity contribution in [2.75, 3.05) is 19.5 Å². The molecular formula is C11H18BrN3OS. The van der Waals surface area contributed by atoms with Crippen molar-refractivity contribution in [3.05, 3.63) is 16.0 Å². The van der Waals surface area contributed by atoms with Crippen LogP contribution in [0.5, 0.6) is 0 Å². The molecule has 0 aliphatic rings. The van der Waals surface area contributed by atoms with Crippen molar-refractivity contribution >= 4 is 33.5 Å². The Labute approximate surface area is 115 Å². The summed E-state index contributed by atoms with van der Waals surface area (Å²) in [5.41, 5.74) is 0.881. The monoisotopic (exact) mass is 319 g/mol. The van der Waals surface area contributed by atoms with Gasteiger partial charge in [0.25, 0.3) is 0 Å². The van der Waals surface area contributed by atoms with Crippen molar-refractivity contribution in [3.63, 3.8) is 0 Å². The highest BCUT2D eigenvalue weighted by Crippen LogP contribution is 2.25. The van der Waals surface area contributed by atoms with Gasteiger partial charge in [-0.05, 0) is 21.2 Å². The molecule has 0 saturated heterocycles. The number of hydrogen-bond acceptors (Lipinski definition) is 5. The van der Waals surface area contributed by atoms with Crippen molar-refractivity contribution in [2.24, 2.45) is 0 Å². The molecule has 1 aromatic rings. The Kier molecular flexibility index (Phi) is 6.22. The number of ether oxygens (including phenoxy) is 1. The second kappa shape index (κ2) is 7.18. The SMILES string of the molecule is CNc1nc(CSC(C)C)nc(COC)c1Br. The summed E-state index contributed by atoms with van der Waals surface area (Å²) in [4.78, 5) is 8.96. The molecule has 1 heterocycles. The van der Waals surface area contributed by atoms with E-state index in [-0.39, 0.29) is 0 Å². The van der Waals surface area contributed by atoms with Gasteiger partial charge in [0.05, 0.1) is 22.5 Å². The maximum atomic E-state index is 5.13. The molecule has 0 aromatic carbocycles. The van der Waals surface area contributed by atoms with Crippen LogP contribution in [-0.2, 0) is 17.1 Å². The maximum absolute atomic E-state index is 5.13. The first-order valence-corrected chi connectivity index (χ1v) is 7.26. The van der Waals surface area contributed by atoms with Crippen LogP contribution in [0.2, 0.25) is 0 Å². The molecule has 1 aromatic heterocycles. The summed E-state index contributed by atoms with van der Waals surface area (Å²) >= 11 is 5.31. The Morgan fingerprint density at radius 2 is 2.12 bits per heavy atom. The van der Waals surface area contributed by atoms with Gasteiger partial charge in [-0.15, -0.1) is 0 Å². The topological polar surface area (TPSA) is 47.0 Å². The van der Waals surface area contributed by atoms with Gasteiger partial charge < -0.3 is 10.1 Å². The minimum Gasteiger partial charge on any atom is -0.378 e. The third-order valence-electron chi connectivity index (χ3n) is 2.03. The van der Waals surface area contributed by atoms with Crippen LogP contribution in [-0.4, -0.2) is 29.4 Å². The molecule has 6 heteroatoms. The number of nitrogens with one attached hydrogen (secondary N) is 1. The minimum absolute atomic E-state index is 0.483. The predicted octanol–water partition coefficient (Wildman–Crippen LogP) is 3.07. The van der Waals surface area contributed by atoms with E-state index in [1.54, 1.807) is 7.11 Å².